The second-order valence-corrected chi connectivity index (χ2v) is 7.54. The van der Waals surface area contributed by atoms with Gasteiger partial charge in [-0.25, -0.2) is 4.98 Å². The SMILES string of the molecule is Cc1ccc(OCc2cc(=O)n3ccsc3n2)c(NC(=O)/C=C/c2ccccc2)c1. The summed E-state index contributed by atoms with van der Waals surface area (Å²) < 4.78 is 7.37. The molecule has 0 aliphatic heterocycles. The van der Waals surface area contributed by atoms with Crippen LogP contribution in [0.2, 0.25) is 0 Å². The lowest BCUT2D eigenvalue weighted by molar-refractivity contribution is -0.111. The standard InChI is InChI=1S/C23H19N3O3S/c1-16-7-9-20(29-15-18-14-22(28)26-11-12-30-23(26)24-18)19(13-16)25-21(27)10-8-17-5-3-2-4-6-17/h2-14H,15H2,1H3,(H,25,27)/b10-8+. The fourth-order valence-corrected chi connectivity index (χ4v) is 3.63. The molecule has 0 aliphatic rings. The summed E-state index contributed by atoms with van der Waals surface area (Å²) in [5.74, 6) is 0.251. The van der Waals surface area contributed by atoms with E-state index in [4.69, 9.17) is 4.74 Å². The summed E-state index contributed by atoms with van der Waals surface area (Å²) in [5, 5.41) is 4.67. The van der Waals surface area contributed by atoms with Gasteiger partial charge >= 0.3 is 0 Å². The number of hydrogen-bond acceptors (Lipinski definition) is 5. The van der Waals surface area contributed by atoms with Gasteiger partial charge < -0.3 is 10.1 Å². The van der Waals surface area contributed by atoms with Crippen molar-refractivity contribution < 1.29 is 9.53 Å². The number of rotatable bonds is 6. The zero-order valence-corrected chi connectivity index (χ0v) is 17.1. The van der Waals surface area contributed by atoms with Gasteiger partial charge in [0.25, 0.3) is 5.56 Å². The Morgan fingerprint density at radius 3 is 2.87 bits per heavy atom. The quantitative estimate of drug-likeness (QED) is 0.475. The number of ether oxygens (including phenoxy) is 1. The number of nitrogens with zero attached hydrogens (tertiary/aromatic N) is 2. The molecule has 4 aromatic rings. The minimum Gasteiger partial charge on any atom is -0.485 e. The summed E-state index contributed by atoms with van der Waals surface area (Å²) in [5.41, 5.74) is 2.87. The number of aromatic nitrogens is 2. The van der Waals surface area contributed by atoms with Crippen LogP contribution in [0.3, 0.4) is 0 Å². The minimum absolute atomic E-state index is 0.120. The molecule has 2 aromatic heterocycles. The number of carbonyl (C=O) groups excluding carboxylic acids is 1. The summed E-state index contributed by atoms with van der Waals surface area (Å²) in [7, 11) is 0. The highest BCUT2D eigenvalue weighted by atomic mass is 32.1. The van der Waals surface area contributed by atoms with E-state index in [0.29, 0.717) is 22.1 Å². The van der Waals surface area contributed by atoms with Gasteiger partial charge in [0, 0.05) is 23.7 Å². The molecular weight excluding hydrogens is 398 g/mol. The highest BCUT2D eigenvalue weighted by Gasteiger charge is 2.09. The Morgan fingerprint density at radius 1 is 1.20 bits per heavy atom. The number of anilines is 1. The highest BCUT2D eigenvalue weighted by Crippen LogP contribution is 2.26. The van der Waals surface area contributed by atoms with Crippen molar-refractivity contribution in [2.75, 3.05) is 5.32 Å². The Bertz CT molecular complexity index is 1280. The molecule has 2 aromatic carbocycles. The maximum atomic E-state index is 12.4. The highest BCUT2D eigenvalue weighted by molar-refractivity contribution is 7.15. The first kappa shape index (κ1) is 19.6. The monoisotopic (exact) mass is 417 g/mol. The second kappa shape index (κ2) is 8.75. The van der Waals surface area contributed by atoms with Crippen LogP contribution in [0.4, 0.5) is 5.69 Å². The third-order valence-electron chi connectivity index (χ3n) is 4.35. The van der Waals surface area contributed by atoms with Crippen molar-refractivity contribution in [1.82, 2.24) is 9.38 Å². The zero-order valence-electron chi connectivity index (χ0n) is 16.2. The van der Waals surface area contributed by atoms with Gasteiger partial charge in [0.2, 0.25) is 5.91 Å². The van der Waals surface area contributed by atoms with Crippen molar-refractivity contribution in [2.45, 2.75) is 13.5 Å². The lowest BCUT2D eigenvalue weighted by atomic mass is 10.2. The van der Waals surface area contributed by atoms with Crippen LogP contribution in [-0.4, -0.2) is 15.3 Å². The van der Waals surface area contributed by atoms with Gasteiger partial charge in [-0.05, 0) is 36.3 Å². The molecule has 0 unspecified atom stereocenters. The minimum atomic E-state index is -0.259. The number of nitrogens with one attached hydrogen (secondary N) is 1. The van der Waals surface area contributed by atoms with Gasteiger partial charge in [-0.2, -0.15) is 0 Å². The molecule has 0 saturated heterocycles. The third-order valence-corrected chi connectivity index (χ3v) is 5.11. The van der Waals surface area contributed by atoms with Crippen molar-refractivity contribution >= 4 is 34.0 Å². The molecule has 0 aliphatic carbocycles. The lowest BCUT2D eigenvalue weighted by Gasteiger charge is -2.12. The topological polar surface area (TPSA) is 72.7 Å². The molecule has 150 valence electrons. The Balaban J connectivity index is 1.49. The van der Waals surface area contributed by atoms with E-state index in [1.165, 1.54) is 27.9 Å². The summed E-state index contributed by atoms with van der Waals surface area (Å²) >= 11 is 1.39. The van der Waals surface area contributed by atoms with Crippen molar-refractivity contribution in [2.24, 2.45) is 0 Å². The predicted octanol–water partition coefficient (Wildman–Crippen LogP) is 4.30. The van der Waals surface area contributed by atoms with E-state index < -0.39 is 0 Å². The number of benzene rings is 2. The van der Waals surface area contributed by atoms with E-state index in [1.54, 1.807) is 18.3 Å². The maximum absolute atomic E-state index is 12.4. The molecule has 0 fully saturated rings. The molecule has 0 spiro atoms. The second-order valence-electron chi connectivity index (χ2n) is 6.66. The number of carbonyl (C=O) groups is 1. The molecule has 6 nitrogen and oxygen atoms in total. The third kappa shape index (κ3) is 4.64. The van der Waals surface area contributed by atoms with Gasteiger partial charge in [-0.3, -0.25) is 14.0 Å². The molecule has 2 heterocycles. The van der Waals surface area contributed by atoms with Crippen LogP contribution in [0.15, 0.2) is 77.0 Å². The summed E-state index contributed by atoms with van der Waals surface area (Å²) in [6.45, 7) is 2.06. The fraction of sp³-hybridized carbons (Fsp3) is 0.0870. The van der Waals surface area contributed by atoms with E-state index in [0.717, 1.165) is 11.1 Å². The molecule has 0 radical (unpaired) electrons. The van der Waals surface area contributed by atoms with E-state index in [1.807, 2.05) is 54.8 Å². The number of fused-ring (bicyclic) bond motifs is 1. The fourth-order valence-electron chi connectivity index (χ4n) is 2.89. The van der Waals surface area contributed by atoms with Crippen LogP contribution >= 0.6 is 11.3 Å². The van der Waals surface area contributed by atoms with Crippen LogP contribution in [-0.2, 0) is 11.4 Å². The van der Waals surface area contributed by atoms with E-state index in [2.05, 4.69) is 10.3 Å². The number of amides is 1. The van der Waals surface area contributed by atoms with Gasteiger partial charge in [0.1, 0.15) is 12.4 Å². The first-order chi connectivity index (χ1) is 14.6. The van der Waals surface area contributed by atoms with Gasteiger partial charge in [-0.15, -0.1) is 11.3 Å². The van der Waals surface area contributed by atoms with Crippen LogP contribution in [0.25, 0.3) is 11.0 Å². The Morgan fingerprint density at radius 2 is 2.03 bits per heavy atom. The van der Waals surface area contributed by atoms with Crippen molar-refractivity contribution in [3.05, 3.63) is 99.4 Å². The van der Waals surface area contributed by atoms with Crippen LogP contribution in [0.1, 0.15) is 16.8 Å². The van der Waals surface area contributed by atoms with Crippen molar-refractivity contribution in [1.29, 1.82) is 0 Å². The molecule has 0 bridgehead atoms. The molecule has 0 saturated carbocycles. The van der Waals surface area contributed by atoms with E-state index >= 15 is 0 Å². The number of hydrogen-bond donors (Lipinski definition) is 1. The molecule has 1 N–H and O–H groups in total. The van der Waals surface area contributed by atoms with Gasteiger partial charge in [0.15, 0.2) is 4.96 Å². The number of aryl methyl sites for hydroxylation is 1. The van der Waals surface area contributed by atoms with Crippen molar-refractivity contribution in [3.63, 3.8) is 0 Å². The lowest BCUT2D eigenvalue weighted by Crippen LogP contribution is -2.14. The van der Waals surface area contributed by atoms with Crippen molar-refractivity contribution in [3.8, 4) is 5.75 Å². The zero-order chi connectivity index (χ0) is 20.9. The van der Waals surface area contributed by atoms with Crippen LogP contribution in [0.5, 0.6) is 5.75 Å². The van der Waals surface area contributed by atoms with E-state index in [9.17, 15) is 9.59 Å². The maximum Gasteiger partial charge on any atom is 0.258 e. The molecule has 1 amide bonds. The molecule has 4 rings (SSSR count). The van der Waals surface area contributed by atoms with Crippen LogP contribution < -0.4 is 15.6 Å². The average molecular weight is 417 g/mol. The molecule has 30 heavy (non-hydrogen) atoms. The average Bonchev–Trinajstić information content (AvgIpc) is 3.22. The Hall–Kier alpha value is -3.71. The van der Waals surface area contributed by atoms with Gasteiger partial charge in [-0.1, -0.05) is 36.4 Å². The van der Waals surface area contributed by atoms with Gasteiger partial charge in [0.05, 0.1) is 11.4 Å². The molecule has 0 atom stereocenters. The first-order valence-electron chi connectivity index (χ1n) is 9.32. The Kier molecular flexibility index (Phi) is 5.72. The normalized spacial score (nSPS) is 11.1. The smallest absolute Gasteiger partial charge is 0.258 e. The first-order valence-corrected chi connectivity index (χ1v) is 10.2. The van der Waals surface area contributed by atoms with Crippen LogP contribution in [0, 0.1) is 6.92 Å². The number of thiazole rings is 1. The largest absolute Gasteiger partial charge is 0.485 e. The predicted molar refractivity (Wildman–Crippen MR) is 119 cm³/mol. The van der Waals surface area contributed by atoms with E-state index in [-0.39, 0.29) is 18.1 Å². The molecular formula is C23H19N3O3S. The summed E-state index contributed by atoms with van der Waals surface area (Å²) in [6, 6.07) is 16.6. The summed E-state index contributed by atoms with van der Waals surface area (Å²) in [4.78, 5) is 29.6. The summed E-state index contributed by atoms with van der Waals surface area (Å²) in [6.07, 6.45) is 4.92. The molecule has 7 heteroatoms. The Labute approximate surface area is 177 Å².